The molecule has 5 heterocycles. The zero-order valence-electron chi connectivity index (χ0n) is 21.8. The molecule has 0 saturated carbocycles. The lowest BCUT2D eigenvalue weighted by Crippen LogP contribution is -2.62. The molecule has 1 N–H and O–H groups in total. The first-order valence-electron chi connectivity index (χ1n) is 13.5. The minimum Gasteiger partial charge on any atom is -0.491 e. The number of piperazine rings is 1. The van der Waals surface area contributed by atoms with Gasteiger partial charge in [0.15, 0.2) is 0 Å². The quantitative estimate of drug-likeness (QED) is 0.598. The van der Waals surface area contributed by atoms with Crippen molar-refractivity contribution in [1.82, 2.24) is 30.1 Å². The van der Waals surface area contributed by atoms with E-state index >= 15 is 0 Å². The molecule has 1 aromatic heterocycles. The highest BCUT2D eigenvalue weighted by Gasteiger charge is 2.46. The van der Waals surface area contributed by atoms with E-state index in [9.17, 15) is 22.8 Å². The van der Waals surface area contributed by atoms with E-state index in [1.807, 2.05) is 0 Å². The largest absolute Gasteiger partial charge is 0.491 e. The smallest absolute Gasteiger partial charge is 0.416 e. The molecule has 6 rings (SSSR count). The number of aromatic nitrogens is 3. The topological polar surface area (TPSA) is 113 Å². The van der Waals surface area contributed by atoms with Crippen molar-refractivity contribution >= 4 is 11.8 Å². The predicted molar refractivity (Wildman–Crippen MR) is 132 cm³/mol. The van der Waals surface area contributed by atoms with Crippen LogP contribution in [0.3, 0.4) is 0 Å². The summed E-state index contributed by atoms with van der Waals surface area (Å²) in [5.41, 5.74) is -0.607. The molecule has 4 aliphatic heterocycles. The number of amides is 2. The van der Waals surface area contributed by atoms with Crippen LogP contribution >= 0.6 is 0 Å². The lowest BCUT2D eigenvalue weighted by Gasteiger charge is -2.46. The molecular weight excluding hydrogens is 533 g/mol. The van der Waals surface area contributed by atoms with E-state index in [-0.39, 0.29) is 49.4 Å². The Hall–Kier alpha value is -3.23. The zero-order chi connectivity index (χ0) is 27.9. The summed E-state index contributed by atoms with van der Waals surface area (Å²) in [5, 5.41) is 10.2. The molecule has 0 unspecified atom stereocenters. The molecule has 3 atom stereocenters. The fourth-order valence-electron chi connectivity index (χ4n) is 6.10. The fraction of sp³-hybridized carbons (Fsp3) is 0.615. The molecule has 3 saturated heterocycles. The van der Waals surface area contributed by atoms with Gasteiger partial charge in [-0.3, -0.25) is 14.5 Å². The summed E-state index contributed by atoms with van der Waals surface area (Å²) in [5.74, 6) is -0.857. The maximum atomic E-state index is 14.0. The van der Waals surface area contributed by atoms with E-state index in [1.54, 1.807) is 4.90 Å². The molecule has 1 aromatic carbocycles. The number of benzene rings is 1. The minimum atomic E-state index is -4.64. The lowest BCUT2D eigenvalue weighted by atomic mass is 10.0. The number of hydrogen-bond acceptors (Lipinski definition) is 8. The summed E-state index contributed by atoms with van der Waals surface area (Å²) in [6.07, 6.45) is -1.60. The molecule has 2 amide bonds. The van der Waals surface area contributed by atoms with Crippen LogP contribution in [-0.2, 0) is 27.1 Å². The van der Waals surface area contributed by atoms with Crippen molar-refractivity contribution in [2.45, 2.75) is 56.3 Å². The van der Waals surface area contributed by atoms with Crippen molar-refractivity contribution in [3.05, 3.63) is 41.2 Å². The minimum absolute atomic E-state index is 0.0511. The van der Waals surface area contributed by atoms with Crippen molar-refractivity contribution in [2.24, 2.45) is 0 Å². The van der Waals surface area contributed by atoms with Crippen LogP contribution in [0.15, 0.2) is 24.4 Å². The van der Waals surface area contributed by atoms with Crippen molar-refractivity contribution in [3.8, 4) is 5.75 Å². The first-order valence-corrected chi connectivity index (χ1v) is 13.5. The van der Waals surface area contributed by atoms with E-state index in [1.165, 1.54) is 17.2 Å². The number of H-pyrrole nitrogens is 1. The summed E-state index contributed by atoms with van der Waals surface area (Å²) < 4.78 is 58.3. The summed E-state index contributed by atoms with van der Waals surface area (Å²) in [7, 11) is 0. The monoisotopic (exact) mass is 564 g/mol. The second-order valence-electron chi connectivity index (χ2n) is 10.6. The Morgan fingerprint density at radius 1 is 1.07 bits per heavy atom. The highest BCUT2D eigenvalue weighted by molar-refractivity contribution is 6.00. The molecule has 0 aliphatic carbocycles. The second-order valence-corrected chi connectivity index (χ2v) is 10.6. The number of fused-ring (bicyclic) bond motifs is 3. The Labute approximate surface area is 228 Å². The van der Waals surface area contributed by atoms with Crippen LogP contribution in [0.1, 0.15) is 40.9 Å². The maximum absolute atomic E-state index is 14.0. The second kappa shape index (κ2) is 11.0. The highest BCUT2D eigenvalue weighted by atomic mass is 19.4. The van der Waals surface area contributed by atoms with Gasteiger partial charge >= 0.3 is 6.18 Å². The number of halogens is 3. The molecule has 2 aromatic rings. The third-order valence-corrected chi connectivity index (χ3v) is 8.21. The Morgan fingerprint density at radius 2 is 1.90 bits per heavy atom. The van der Waals surface area contributed by atoms with Crippen LogP contribution < -0.4 is 4.74 Å². The fourth-order valence-corrected chi connectivity index (χ4v) is 6.10. The van der Waals surface area contributed by atoms with Crippen LogP contribution in [0.4, 0.5) is 13.2 Å². The molecule has 11 nitrogen and oxygen atoms in total. The van der Waals surface area contributed by atoms with Crippen LogP contribution in [0, 0.1) is 0 Å². The molecule has 3 fully saturated rings. The van der Waals surface area contributed by atoms with Gasteiger partial charge in [0, 0.05) is 51.9 Å². The van der Waals surface area contributed by atoms with Crippen LogP contribution in [0.2, 0.25) is 0 Å². The number of nitrogens with zero attached hydrogens (tertiary/aromatic N) is 5. The van der Waals surface area contributed by atoms with Crippen LogP contribution in [0.25, 0.3) is 0 Å². The number of rotatable bonds is 4. The van der Waals surface area contributed by atoms with E-state index < -0.39 is 29.8 Å². The number of aromatic amines is 1. The van der Waals surface area contributed by atoms with Crippen molar-refractivity contribution in [3.63, 3.8) is 0 Å². The molecular formula is C26H31F3N6O5. The summed E-state index contributed by atoms with van der Waals surface area (Å²) in [6, 6.07) is 2.07. The Bertz CT molecular complexity index is 1220. The average Bonchev–Trinajstić information content (AvgIpc) is 3.64. The summed E-state index contributed by atoms with van der Waals surface area (Å²) in [4.78, 5) is 33.2. The predicted octanol–water partition coefficient (Wildman–Crippen LogP) is 1.71. The lowest BCUT2D eigenvalue weighted by molar-refractivity contribution is -0.143. The van der Waals surface area contributed by atoms with Crippen molar-refractivity contribution in [1.29, 1.82) is 0 Å². The molecule has 40 heavy (non-hydrogen) atoms. The SMILES string of the molecule is O=C1[C@@H]2C[C@@H](OCc3cn[nH]n3)CN2C(=O)c2cc(C(F)(F)F)ccc2OC[C@@H]2CN(C3CCOCC3)CCN12. The van der Waals surface area contributed by atoms with Gasteiger partial charge in [-0.1, -0.05) is 0 Å². The maximum Gasteiger partial charge on any atom is 0.416 e. The van der Waals surface area contributed by atoms with E-state index in [4.69, 9.17) is 14.2 Å². The molecule has 0 radical (unpaired) electrons. The molecule has 0 bridgehead atoms. The third kappa shape index (κ3) is 5.39. The molecule has 4 aliphatic rings. The Kier molecular flexibility index (Phi) is 7.40. The Morgan fingerprint density at radius 3 is 2.65 bits per heavy atom. The molecule has 216 valence electrons. The zero-order valence-corrected chi connectivity index (χ0v) is 21.8. The van der Waals surface area contributed by atoms with Gasteiger partial charge in [0.1, 0.15) is 24.1 Å². The summed E-state index contributed by atoms with van der Waals surface area (Å²) >= 11 is 0. The Balaban J connectivity index is 1.31. The number of alkyl halides is 3. The van der Waals surface area contributed by atoms with Crippen molar-refractivity contribution < 1.29 is 37.0 Å². The van der Waals surface area contributed by atoms with Crippen LogP contribution in [-0.4, -0.2) is 112 Å². The van der Waals surface area contributed by atoms with Gasteiger partial charge in [0.05, 0.1) is 36.1 Å². The van der Waals surface area contributed by atoms with Gasteiger partial charge in [-0.05, 0) is 31.0 Å². The highest BCUT2D eigenvalue weighted by Crippen LogP contribution is 2.36. The van der Waals surface area contributed by atoms with E-state index in [0.717, 1.165) is 25.0 Å². The average molecular weight is 565 g/mol. The van der Waals surface area contributed by atoms with Gasteiger partial charge < -0.3 is 24.0 Å². The standard InChI is InChI=1S/C26H31F3N6O5/c27-26(28,29)16-1-2-23-21(9-16)24(36)35-13-20(39-14-17-11-30-32-31-17)10-22(35)25(37)34-6-5-33(12-19(34)15-40-23)18-3-7-38-8-4-18/h1-2,9,11,18-20,22H,3-8,10,12-15H2,(H,30,31,32)/t19-,20+,22-/m0/s1. The van der Waals surface area contributed by atoms with Crippen LogP contribution in [0.5, 0.6) is 5.75 Å². The number of nitrogens with one attached hydrogen (secondary N) is 1. The number of hydrogen-bond donors (Lipinski definition) is 1. The van der Waals surface area contributed by atoms with Gasteiger partial charge in [-0.25, -0.2) is 0 Å². The van der Waals surface area contributed by atoms with Gasteiger partial charge in [-0.2, -0.15) is 28.6 Å². The normalized spacial score (nSPS) is 26.7. The number of carbonyl (C=O) groups is 2. The van der Waals surface area contributed by atoms with Crippen molar-refractivity contribution in [2.75, 3.05) is 46.0 Å². The van der Waals surface area contributed by atoms with E-state index in [0.29, 0.717) is 44.6 Å². The summed E-state index contributed by atoms with van der Waals surface area (Å²) in [6.45, 7) is 3.33. The van der Waals surface area contributed by atoms with Gasteiger partial charge in [0.2, 0.25) is 5.91 Å². The first-order chi connectivity index (χ1) is 19.3. The number of ether oxygens (including phenoxy) is 3. The van der Waals surface area contributed by atoms with E-state index in [2.05, 4.69) is 20.3 Å². The number of carbonyl (C=O) groups excluding carboxylic acids is 2. The van der Waals surface area contributed by atoms with Gasteiger partial charge in [-0.15, -0.1) is 0 Å². The van der Waals surface area contributed by atoms with Gasteiger partial charge in [0.25, 0.3) is 5.91 Å². The third-order valence-electron chi connectivity index (χ3n) is 8.21. The molecule has 0 spiro atoms. The molecule has 14 heteroatoms. The first kappa shape index (κ1) is 27.0.